The number of hydrogen-bond donors (Lipinski definition) is 1. The molecule has 0 aliphatic rings. The molecule has 0 spiro atoms. The molecule has 1 rings (SSSR count). The van der Waals surface area contributed by atoms with E-state index in [9.17, 15) is 0 Å². The van der Waals surface area contributed by atoms with Crippen LogP contribution in [0.1, 0.15) is 37.8 Å². The highest BCUT2D eigenvalue weighted by Crippen LogP contribution is 2.20. The van der Waals surface area contributed by atoms with Crippen molar-refractivity contribution in [3.8, 4) is 0 Å². The monoisotopic (exact) mass is 271 g/mol. The summed E-state index contributed by atoms with van der Waals surface area (Å²) in [7, 11) is 0. The minimum absolute atomic E-state index is 0.433. The van der Waals surface area contributed by atoms with E-state index in [1.165, 1.54) is 24.2 Å². The molecule has 0 fully saturated rings. The molecule has 1 atom stereocenters. The Morgan fingerprint density at radius 2 is 2.18 bits per heavy atom. The van der Waals surface area contributed by atoms with Gasteiger partial charge in [-0.25, -0.2) is 0 Å². The molecular weight excluding hydrogens is 250 g/mol. The topological polar surface area (TPSA) is 12.0 Å². The summed E-state index contributed by atoms with van der Waals surface area (Å²) in [5, 5.41) is 4.43. The van der Waals surface area contributed by atoms with Gasteiger partial charge >= 0.3 is 0 Å². The quantitative estimate of drug-likeness (QED) is 0.698. The van der Waals surface area contributed by atoms with Gasteiger partial charge in [0.05, 0.1) is 0 Å². The van der Waals surface area contributed by atoms with Crippen molar-refractivity contribution in [3.05, 3.63) is 34.9 Å². The van der Waals surface area contributed by atoms with Gasteiger partial charge < -0.3 is 5.32 Å². The minimum Gasteiger partial charge on any atom is -0.310 e. The SMILES string of the molecule is CCC(NCCCCSC)c1cccc(Cl)c1. The van der Waals surface area contributed by atoms with Gasteiger partial charge in [0.1, 0.15) is 0 Å². The lowest BCUT2D eigenvalue weighted by molar-refractivity contribution is 0.509. The molecule has 96 valence electrons. The van der Waals surface area contributed by atoms with Gasteiger partial charge in [0, 0.05) is 11.1 Å². The number of nitrogens with one attached hydrogen (secondary N) is 1. The second-order valence-corrected chi connectivity index (χ2v) is 5.59. The lowest BCUT2D eigenvalue weighted by Gasteiger charge is -2.17. The van der Waals surface area contributed by atoms with Gasteiger partial charge in [0.15, 0.2) is 0 Å². The Hall–Kier alpha value is -0.180. The van der Waals surface area contributed by atoms with Crippen molar-refractivity contribution < 1.29 is 0 Å². The molecule has 1 N–H and O–H groups in total. The lowest BCUT2D eigenvalue weighted by atomic mass is 10.0. The Kier molecular flexibility index (Phi) is 7.74. The first-order valence-electron chi connectivity index (χ1n) is 6.25. The molecule has 1 aromatic carbocycles. The van der Waals surface area contributed by atoms with Crippen molar-refractivity contribution in [2.24, 2.45) is 0 Å². The highest BCUT2D eigenvalue weighted by molar-refractivity contribution is 7.98. The van der Waals surface area contributed by atoms with Gasteiger partial charge in [-0.3, -0.25) is 0 Å². The molecule has 0 aliphatic heterocycles. The van der Waals surface area contributed by atoms with Crippen LogP contribution in [0.3, 0.4) is 0 Å². The van der Waals surface area contributed by atoms with E-state index in [-0.39, 0.29) is 0 Å². The smallest absolute Gasteiger partial charge is 0.0409 e. The summed E-state index contributed by atoms with van der Waals surface area (Å²) in [6, 6.07) is 8.59. The molecular formula is C14H22ClNS. The first kappa shape index (κ1) is 14.9. The summed E-state index contributed by atoms with van der Waals surface area (Å²) in [5.41, 5.74) is 1.30. The maximum Gasteiger partial charge on any atom is 0.0409 e. The predicted molar refractivity (Wildman–Crippen MR) is 80.1 cm³/mol. The third-order valence-corrected chi connectivity index (χ3v) is 3.76. The fraction of sp³-hybridized carbons (Fsp3) is 0.571. The molecule has 1 aromatic rings. The second-order valence-electron chi connectivity index (χ2n) is 4.17. The van der Waals surface area contributed by atoms with E-state index in [2.05, 4.69) is 30.6 Å². The van der Waals surface area contributed by atoms with Crippen molar-refractivity contribution in [2.45, 2.75) is 32.2 Å². The van der Waals surface area contributed by atoms with Gasteiger partial charge in [-0.2, -0.15) is 11.8 Å². The van der Waals surface area contributed by atoms with E-state index in [1.807, 2.05) is 23.9 Å². The normalized spacial score (nSPS) is 12.6. The highest BCUT2D eigenvalue weighted by Gasteiger charge is 2.08. The Morgan fingerprint density at radius 3 is 2.82 bits per heavy atom. The first-order chi connectivity index (χ1) is 8.27. The van der Waals surface area contributed by atoms with E-state index in [0.717, 1.165) is 18.0 Å². The number of benzene rings is 1. The van der Waals surface area contributed by atoms with E-state index >= 15 is 0 Å². The average molecular weight is 272 g/mol. The third-order valence-electron chi connectivity index (χ3n) is 2.83. The fourth-order valence-corrected chi connectivity index (χ4v) is 2.56. The number of rotatable bonds is 8. The largest absolute Gasteiger partial charge is 0.310 e. The van der Waals surface area contributed by atoms with Gasteiger partial charge in [0.2, 0.25) is 0 Å². The van der Waals surface area contributed by atoms with Crippen molar-refractivity contribution in [1.82, 2.24) is 5.32 Å². The van der Waals surface area contributed by atoms with E-state index in [1.54, 1.807) is 0 Å². The Morgan fingerprint density at radius 1 is 1.35 bits per heavy atom. The van der Waals surface area contributed by atoms with E-state index in [4.69, 9.17) is 11.6 Å². The van der Waals surface area contributed by atoms with E-state index in [0.29, 0.717) is 6.04 Å². The minimum atomic E-state index is 0.433. The van der Waals surface area contributed by atoms with Gasteiger partial charge in [-0.15, -0.1) is 0 Å². The summed E-state index contributed by atoms with van der Waals surface area (Å²) in [5.74, 6) is 1.26. The number of halogens is 1. The molecule has 1 unspecified atom stereocenters. The van der Waals surface area contributed by atoms with Crippen LogP contribution in [0.15, 0.2) is 24.3 Å². The molecule has 0 amide bonds. The van der Waals surface area contributed by atoms with E-state index < -0.39 is 0 Å². The summed E-state index contributed by atoms with van der Waals surface area (Å²) < 4.78 is 0. The maximum absolute atomic E-state index is 6.02. The van der Waals surface area contributed by atoms with Gasteiger partial charge in [-0.05, 0) is 55.5 Å². The first-order valence-corrected chi connectivity index (χ1v) is 8.03. The van der Waals surface area contributed by atoms with Crippen LogP contribution in [0.5, 0.6) is 0 Å². The molecule has 0 saturated heterocycles. The summed E-state index contributed by atoms with van der Waals surface area (Å²) in [6.45, 7) is 3.30. The molecule has 0 radical (unpaired) electrons. The number of hydrogen-bond acceptors (Lipinski definition) is 2. The van der Waals surface area contributed by atoms with Crippen molar-refractivity contribution in [2.75, 3.05) is 18.6 Å². The zero-order valence-corrected chi connectivity index (χ0v) is 12.3. The molecule has 0 aliphatic carbocycles. The van der Waals surface area contributed by atoms with Crippen LogP contribution in [-0.4, -0.2) is 18.6 Å². The van der Waals surface area contributed by atoms with Crippen LogP contribution in [-0.2, 0) is 0 Å². The summed E-state index contributed by atoms with van der Waals surface area (Å²) in [4.78, 5) is 0. The van der Waals surface area contributed by atoms with Gasteiger partial charge in [-0.1, -0.05) is 30.7 Å². The van der Waals surface area contributed by atoms with Crippen LogP contribution in [0.25, 0.3) is 0 Å². The predicted octanol–water partition coefficient (Wildman–Crippen LogP) is 4.52. The summed E-state index contributed by atoms with van der Waals surface area (Å²) in [6.07, 6.45) is 5.80. The zero-order chi connectivity index (χ0) is 12.5. The zero-order valence-electron chi connectivity index (χ0n) is 10.7. The molecule has 17 heavy (non-hydrogen) atoms. The standard InChI is InChI=1S/C14H22ClNS/c1-3-14(16-9-4-5-10-17-2)12-7-6-8-13(15)11-12/h6-8,11,14,16H,3-5,9-10H2,1-2H3. The Labute approximate surface area is 114 Å². The molecule has 0 bridgehead atoms. The molecule has 0 saturated carbocycles. The lowest BCUT2D eigenvalue weighted by Crippen LogP contribution is -2.22. The van der Waals surface area contributed by atoms with Crippen LogP contribution in [0.4, 0.5) is 0 Å². The maximum atomic E-state index is 6.02. The van der Waals surface area contributed by atoms with Crippen LogP contribution in [0.2, 0.25) is 5.02 Å². The fourth-order valence-electron chi connectivity index (χ4n) is 1.87. The molecule has 3 heteroatoms. The number of unbranched alkanes of at least 4 members (excludes halogenated alkanes) is 1. The Bertz CT molecular complexity index is 317. The van der Waals surface area contributed by atoms with Crippen molar-refractivity contribution in [1.29, 1.82) is 0 Å². The van der Waals surface area contributed by atoms with Gasteiger partial charge in [0.25, 0.3) is 0 Å². The van der Waals surface area contributed by atoms with Crippen molar-refractivity contribution in [3.63, 3.8) is 0 Å². The molecule has 0 heterocycles. The van der Waals surface area contributed by atoms with Crippen LogP contribution >= 0.6 is 23.4 Å². The average Bonchev–Trinajstić information content (AvgIpc) is 2.34. The summed E-state index contributed by atoms with van der Waals surface area (Å²) >= 11 is 7.94. The molecule has 1 nitrogen and oxygen atoms in total. The van der Waals surface area contributed by atoms with Crippen LogP contribution in [0, 0.1) is 0 Å². The van der Waals surface area contributed by atoms with Crippen molar-refractivity contribution >= 4 is 23.4 Å². The third kappa shape index (κ3) is 5.80. The number of thioether (sulfide) groups is 1. The second kappa shape index (κ2) is 8.84. The molecule has 0 aromatic heterocycles. The highest BCUT2D eigenvalue weighted by atomic mass is 35.5. The van der Waals surface area contributed by atoms with Crippen LogP contribution < -0.4 is 5.32 Å². The Balaban J connectivity index is 2.38.